The van der Waals surface area contributed by atoms with Gasteiger partial charge in [0, 0.05) is 36.9 Å². The van der Waals surface area contributed by atoms with Gasteiger partial charge >= 0.3 is 0 Å². The van der Waals surface area contributed by atoms with Gasteiger partial charge in [0.1, 0.15) is 5.82 Å². The summed E-state index contributed by atoms with van der Waals surface area (Å²) in [5.41, 5.74) is 7.85. The van der Waals surface area contributed by atoms with Gasteiger partial charge in [-0.3, -0.25) is 4.98 Å². The molecule has 0 aromatic carbocycles. The van der Waals surface area contributed by atoms with E-state index in [2.05, 4.69) is 15.3 Å². The number of rotatable bonds is 4. The molecule has 0 spiro atoms. The Morgan fingerprint density at radius 1 is 1.12 bits per heavy atom. The monoisotopic (exact) mass is 214 g/mol. The topological polar surface area (TPSA) is 63.8 Å². The summed E-state index contributed by atoms with van der Waals surface area (Å²) < 4.78 is 0. The molecule has 2 heterocycles. The summed E-state index contributed by atoms with van der Waals surface area (Å²) >= 11 is 0. The number of hydrogen-bond donors (Lipinski definition) is 2. The van der Waals surface area contributed by atoms with Crippen LogP contribution in [0.3, 0.4) is 0 Å². The zero-order chi connectivity index (χ0) is 11.2. The molecule has 0 unspecified atom stereocenters. The summed E-state index contributed by atoms with van der Waals surface area (Å²) in [6.45, 7) is 0.869. The molecule has 4 nitrogen and oxygen atoms in total. The lowest BCUT2D eigenvalue weighted by Crippen LogP contribution is -2.05. The minimum Gasteiger partial charge on any atom is -0.385 e. The summed E-state index contributed by atoms with van der Waals surface area (Å²) in [5, 5.41) is 3.29. The predicted molar refractivity (Wildman–Crippen MR) is 65.1 cm³/mol. The molecule has 0 aliphatic rings. The number of pyridine rings is 2. The maximum atomic E-state index is 5.58. The van der Waals surface area contributed by atoms with Crippen LogP contribution in [-0.2, 0) is 6.42 Å². The quantitative estimate of drug-likeness (QED) is 0.813. The maximum absolute atomic E-state index is 5.58. The summed E-state index contributed by atoms with van der Waals surface area (Å²) in [7, 11) is 0. The van der Waals surface area contributed by atoms with Crippen molar-refractivity contribution in [1.29, 1.82) is 0 Å². The van der Waals surface area contributed by atoms with Crippen LogP contribution in [0.5, 0.6) is 0 Å². The summed E-state index contributed by atoms with van der Waals surface area (Å²) in [6.07, 6.45) is 6.27. The first-order chi connectivity index (χ1) is 7.84. The molecule has 4 heteroatoms. The predicted octanol–water partition coefficient (Wildman–Crippen LogP) is 1.71. The van der Waals surface area contributed by atoms with Crippen LogP contribution in [0.25, 0.3) is 0 Å². The summed E-state index contributed by atoms with van der Waals surface area (Å²) in [6, 6.07) is 7.76. The van der Waals surface area contributed by atoms with E-state index in [1.165, 1.54) is 5.56 Å². The van der Waals surface area contributed by atoms with Crippen molar-refractivity contribution in [3.05, 3.63) is 48.4 Å². The van der Waals surface area contributed by atoms with Gasteiger partial charge in [0.25, 0.3) is 0 Å². The Bertz CT molecular complexity index is 442. The van der Waals surface area contributed by atoms with Crippen LogP contribution in [0.1, 0.15) is 5.56 Å². The van der Waals surface area contributed by atoms with Crippen LogP contribution < -0.4 is 11.1 Å². The number of nitrogen functional groups attached to an aromatic ring is 1. The Balaban J connectivity index is 1.85. The van der Waals surface area contributed by atoms with E-state index in [9.17, 15) is 0 Å². The van der Waals surface area contributed by atoms with Crippen LogP contribution in [0.4, 0.5) is 11.5 Å². The van der Waals surface area contributed by atoms with Crippen molar-refractivity contribution in [2.45, 2.75) is 6.42 Å². The first-order valence-corrected chi connectivity index (χ1v) is 5.19. The lowest BCUT2D eigenvalue weighted by molar-refractivity contribution is 1.01. The highest BCUT2D eigenvalue weighted by Crippen LogP contribution is 2.08. The van der Waals surface area contributed by atoms with E-state index in [4.69, 9.17) is 5.73 Å². The molecule has 0 saturated carbocycles. The maximum Gasteiger partial charge on any atom is 0.125 e. The molecular weight excluding hydrogens is 200 g/mol. The first kappa shape index (κ1) is 10.4. The second-order valence-electron chi connectivity index (χ2n) is 3.50. The number of hydrogen-bond acceptors (Lipinski definition) is 4. The Morgan fingerprint density at radius 2 is 1.94 bits per heavy atom. The number of anilines is 2. The number of nitrogens with zero attached hydrogens (tertiary/aromatic N) is 2. The molecule has 0 radical (unpaired) electrons. The Morgan fingerprint density at radius 3 is 2.69 bits per heavy atom. The molecule has 0 fully saturated rings. The van der Waals surface area contributed by atoms with Gasteiger partial charge in [-0.25, -0.2) is 4.98 Å². The molecule has 2 aromatic rings. The molecular formula is C12H14N4. The molecule has 0 aliphatic carbocycles. The minimum atomic E-state index is 0.536. The molecule has 3 N–H and O–H groups in total. The van der Waals surface area contributed by atoms with E-state index in [0.717, 1.165) is 18.7 Å². The van der Waals surface area contributed by atoms with Gasteiger partial charge in [0.15, 0.2) is 0 Å². The lowest BCUT2D eigenvalue weighted by Gasteiger charge is -2.06. The molecule has 0 saturated heterocycles. The number of nitrogens with one attached hydrogen (secondary N) is 1. The van der Waals surface area contributed by atoms with Crippen molar-refractivity contribution < 1.29 is 0 Å². The average molecular weight is 214 g/mol. The fourth-order valence-corrected chi connectivity index (χ4v) is 1.46. The first-order valence-electron chi connectivity index (χ1n) is 5.19. The Hall–Kier alpha value is -2.10. The summed E-state index contributed by atoms with van der Waals surface area (Å²) in [5.74, 6) is 0.536. The third kappa shape index (κ3) is 2.95. The standard InChI is InChI=1S/C12H14N4/c13-12-9-11(4-8-16-12)15-7-3-10-1-5-14-6-2-10/h1-2,4-6,8-9H,3,7H2,(H3,13,15,16). The zero-order valence-electron chi connectivity index (χ0n) is 8.93. The van der Waals surface area contributed by atoms with Crippen LogP contribution >= 0.6 is 0 Å². The van der Waals surface area contributed by atoms with Crippen molar-refractivity contribution in [2.75, 3.05) is 17.6 Å². The third-order valence-corrected chi connectivity index (χ3v) is 2.27. The molecule has 82 valence electrons. The van der Waals surface area contributed by atoms with Gasteiger partial charge < -0.3 is 11.1 Å². The molecule has 0 atom stereocenters. The van der Waals surface area contributed by atoms with Crippen LogP contribution in [-0.4, -0.2) is 16.5 Å². The SMILES string of the molecule is Nc1cc(NCCc2ccncc2)ccn1. The largest absolute Gasteiger partial charge is 0.385 e. The van der Waals surface area contributed by atoms with Gasteiger partial charge in [-0.1, -0.05) is 0 Å². The number of nitrogens with two attached hydrogens (primary N) is 1. The van der Waals surface area contributed by atoms with E-state index in [-0.39, 0.29) is 0 Å². The van der Waals surface area contributed by atoms with Crippen molar-refractivity contribution in [1.82, 2.24) is 9.97 Å². The molecule has 2 aromatic heterocycles. The van der Waals surface area contributed by atoms with E-state index >= 15 is 0 Å². The molecule has 0 bridgehead atoms. The molecule has 2 rings (SSSR count). The van der Waals surface area contributed by atoms with Crippen LogP contribution in [0.15, 0.2) is 42.9 Å². The van der Waals surface area contributed by atoms with E-state index in [1.807, 2.05) is 24.3 Å². The van der Waals surface area contributed by atoms with E-state index in [0.29, 0.717) is 5.82 Å². The normalized spacial score (nSPS) is 10.0. The van der Waals surface area contributed by atoms with Gasteiger partial charge in [0.2, 0.25) is 0 Å². The fraction of sp³-hybridized carbons (Fsp3) is 0.167. The zero-order valence-corrected chi connectivity index (χ0v) is 8.93. The minimum absolute atomic E-state index is 0.536. The van der Waals surface area contributed by atoms with Crippen molar-refractivity contribution >= 4 is 11.5 Å². The lowest BCUT2D eigenvalue weighted by atomic mass is 10.2. The molecule has 0 amide bonds. The van der Waals surface area contributed by atoms with Gasteiger partial charge in [0.05, 0.1) is 0 Å². The highest BCUT2D eigenvalue weighted by molar-refractivity contribution is 5.49. The number of aromatic nitrogens is 2. The Labute approximate surface area is 94.5 Å². The van der Waals surface area contributed by atoms with Crippen molar-refractivity contribution in [2.24, 2.45) is 0 Å². The fourth-order valence-electron chi connectivity index (χ4n) is 1.46. The van der Waals surface area contributed by atoms with Gasteiger partial charge in [-0.15, -0.1) is 0 Å². The molecule has 16 heavy (non-hydrogen) atoms. The summed E-state index contributed by atoms with van der Waals surface area (Å²) in [4.78, 5) is 7.91. The van der Waals surface area contributed by atoms with E-state index < -0.39 is 0 Å². The van der Waals surface area contributed by atoms with E-state index in [1.54, 1.807) is 18.6 Å². The third-order valence-electron chi connectivity index (χ3n) is 2.27. The van der Waals surface area contributed by atoms with Crippen LogP contribution in [0.2, 0.25) is 0 Å². The van der Waals surface area contributed by atoms with Crippen molar-refractivity contribution in [3.8, 4) is 0 Å². The second-order valence-corrected chi connectivity index (χ2v) is 3.50. The van der Waals surface area contributed by atoms with Crippen LogP contribution in [0, 0.1) is 0 Å². The molecule has 0 aliphatic heterocycles. The average Bonchev–Trinajstić information content (AvgIpc) is 2.30. The van der Waals surface area contributed by atoms with Crippen molar-refractivity contribution in [3.63, 3.8) is 0 Å². The highest BCUT2D eigenvalue weighted by Gasteiger charge is 1.94. The van der Waals surface area contributed by atoms with Gasteiger partial charge in [-0.05, 0) is 30.2 Å². The van der Waals surface area contributed by atoms with Gasteiger partial charge in [-0.2, -0.15) is 0 Å². The Kier molecular flexibility index (Phi) is 3.33. The smallest absolute Gasteiger partial charge is 0.125 e. The second kappa shape index (κ2) is 5.11. The highest BCUT2D eigenvalue weighted by atomic mass is 14.9.